The smallest absolute Gasteiger partial charge is 0.162 e. The summed E-state index contributed by atoms with van der Waals surface area (Å²) in [7, 11) is 0. The summed E-state index contributed by atoms with van der Waals surface area (Å²) in [6.07, 6.45) is 0. The number of anilines is 1. The zero-order valence-electron chi connectivity index (χ0n) is 12.5. The summed E-state index contributed by atoms with van der Waals surface area (Å²) in [6.45, 7) is 11.6. The van der Waals surface area contributed by atoms with Crippen molar-refractivity contribution in [1.82, 2.24) is 9.97 Å². The van der Waals surface area contributed by atoms with Crippen LogP contribution in [0.1, 0.15) is 42.1 Å². The molecule has 0 unspecified atom stereocenters. The van der Waals surface area contributed by atoms with Crippen molar-refractivity contribution in [3.8, 4) is 11.4 Å². The molecule has 0 aliphatic heterocycles. The van der Waals surface area contributed by atoms with Crippen LogP contribution in [0, 0.1) is 17.4 Å². The van der Waals surface area contributed by atoms with Crippen molar-refractivity contribution in [2.24, 2.45) is 0 Å². The topological polar surface area (TPSA) is 37.8 Å². The number of thiophene rings is 1. The SMILES string of the molecule is CCNc1nc(-c2cc(C)sc2C)nc(C(C)C)c1I. The summed E-state index contributed by atoms with van der Waals surface area (Å²) >= 11 is 4.14. The number of halogens is 1. The minimum atomic E-state index is 0.390. The first-order valence-electron chi connectivity index (χ1n) is 6.82. The Morgan fingerprint density at radius 3 is 2.50 bits per heavy atom. The van der Waals surface area contributed by atoms with Gasteiger partial charge >= 0.3 is 0 Å². The number of nitrogens with one attached hydrogen (secondary N) is 1. The molecule has 2 aromatic rings. The number of hydrogen-bond donors (Lipinski definition) is 1. The van der Waals surface area contributed by atoms with Crippen molar-refractivity contribution in [2.45, 2.75) is 40.5 Å². The summed E-state index contributed by atoms with van der Waals surface area (Å²) in [5, 5.41) is 3.35. The first kappa shape index (κ1) is 15.7. The van der Waals surface area contributed by atoms with Gasteiger partial charge in [0.1, 0.15) is 5.82 Å². The Kier molecular flexibility index (Phi) is 5.01. The average Bonchev–Trinajstić information content (AvgIpc) is 2.71. The molecule has 0 amide bonds. The van der Waals surface area contributed by atoms with Crippen LogP contribution in [0.2, 0.25) is 0 Å². The molecule has 2 rings (SSSR count). The maximum atomic E-state index is 4.81. The molecule has 108 valence electrons. The fourth-order valence-corrected chi connectivity index (χ4v) is 4.08. The number of nitrogens with zero attached hydrogens (tertiary/aromatic N) is 2. The summed E-state index contributed by atoms with van der Waals surface area (Å²) < 4.78 is 1.13. The van der Waals surface area contributed by atoms with Crippen molar-refractivity contribution in [3.63, 3.8) is 0 Å². The van der Waals surface area contributed by atoms with Crippen molar-refractivity contribution in [2.75, 3.05) is 11.9 Å². The quantitative estimate of drug-likeness (QED) is 0.735. The monoisotopic (exact) mass is 401 g/mol. The van der Waals surface area contributed by atoms with Gasteiger partial charge in [-0.25, -0.2) is 9.97 Å². The summed E-state index contributed by atoms with van der Waals surface area (Å²) in [4.78, 5) is 12.1. The first-order valence-corrected chi connectivity index (χ1v) is 8.72. The summed E-state index contributed by atoms with van der Waals surface area (Å²) in [5.74, 6) is 2.18. The second kappa shape index (κ2) is 6.39. The van der Waals surface area contributed by atoms with E-state index in [0.29, 0.717) is 5.92 Å². The van der Waals surface area contributed by atoms with Crippen LogP contribution >= 0.6 is 33.9 Å². The first-order chi connectivity index (χ1) is 9.43. The maximum absolute atomic E-state index is 4.81. The highest BCUT2D eigenvalue weighted by Crippen LogP contribution is 2.32. The van der Waals surface area contributed by atoms with Gasteiger partial charge in [0.05, 0.1) is 9.26 Å². The van der Waals surface area contributed by atoms with E-state index in [1.807, 2.05) is 0 Å². The van der Waals surface area contributed by atoms with Crippen LogP contribution in [-0.2, 0) is 0 Å². The van der Waals surface area contributed by atoms with Crippen LogP contribution in [0.25, 0.3) is 11.4 Å². The summed E-state index contributed by atoms with van der Waals surface area (Å²) in [6, 6.07) is 2.18. The van der Waals surface area contributed by atoms with Crippen LogP contribution in [0.5, 0.6) is 0 Å². The highest BCUT2D eigenvalue weighted by molar-refractivity contribution is 14.1. The largest absolute Gasteiger partial charge is 0.369 e. The Hall–Kier alpha value is -0.690. The molecule has 0 fully saturated rings. The van der Waals surface area contributed by atoms with Gasteiger partial charge in [0, 0.05) is 21.9 Å². The molecular formula is C15H20IN3S. The zero-order valence-corrected chi connectivity index (χ0v) is 15.5. The minimum absolute atomic E-state index is 0.390. The average molecular weight is 401 g/mol. The Bertz CT molecular complexity index is 620. The molecule has 5 heteroatoms. The predicted octanol–water partition coefficient (Wildman–Crippen LogP) is 4.98. The molecule has 20 heavy (non-hydrogen) atoms. The van der Waals surface area contributed by atoms with Crippen LogP contribution in [-0.4, -0.2) is 16.5 Å². The van der Waals surface area contributed by atoms with Gasteiger partial charge in [-0.05, 0) is 55.3 Å². The van der Waals surface area contributed by atoms with E-state index < -0.39 is 0 Å². The molecule has 2 aromatic heterocycles. The third-order valence-electron chi connectivity index (χ3n) is 3.05. The maximum Gasteiger partial charge on any atom is 0.162 e. The molecule has 0 radical (unpaired) electrons. The number of hydrogen-bond acceptors (Lipinski definition) is 4. The number of aryl methyl sites for hydroxylation is 2. The van der Waals surface area contributed by atoms with Crippen LogP contribution < -0.4 is 5.32 Å². The standard InChI is InChI=1S/C15H20IN3S/c1-6-17-15-12(16)13(8(2)3)18-14(19-15)11-7-9(4)20-10(11)5/h7-8H,6H2,1-5H3,(H,17,18,19). The Morgan fingerprint density at radius 1 is 1.30 bits per heavy atom. The van der Waals surface area contributed by atoms with Gasteiger partial charge in [-0.3, -0.25) is 0 Å². The van der Waals surface area contributed by atoms with Gasteiger partial charge in [0.25, 0.3) is 0 Å². The molecule has 0 atom stereocenters. The fraction of sp³-hybridized carbons (Fsp3) is 0.467. The van der Waals surface area contributed by atoms with Crippen molar-refractivity contribution >= 4 is 39.7 Å². The molecular weight excluding hydrogens is 381 g/mol. The van der Waals surface area contributed by atoms with E-state index in [-0.39, 0.29) is 0 Å². The van der Waals surface area contributed by atoms with E-state index in [4.69, 9.17) is 9.97 Å². The van der Waals surface area contributed by atoms with Crippen molar-refractivity contribution < 1.29 is 0 Å². The molecule has 0 spiro atoms. The molecule has 0 saturated carbocycles. The fourth-order valence-electron chi connectivity index (χ4n) is 2.10. The molecule has 2 heterocycles. The molecule has 0 aliphatic carbocycles. The lowest BCUT2D eigenvalue weighted by atomic mass is 10.1. The van der Waals surface area contributed by atoms with Gasteiger partial charge in [-0.1, -0.05) is 13.8 Å². The Balaban J connectivity index is 2.61. The Morgan fingerprint density at radius 2 is 2.00 bits per heavy atom. The Labute approximate surface area is 138 Å². The van der Waals surface area contributed by atoms with Gasteiger partial charge in [-0.2, -0.15) is 0 Å². The number of aromatic nitrogens is 2. The normalized spacial score (nSPS) is 11.2. The highest BCUT2D eigenvalue weighted by Gasteiger charge is 2.17. The molecule has 0 aromatic carbocycles. The van der Waals surface area contributed by atoms with E-state index in [1.54, 1.807) is 11.3 Å². The highest BCUT2D eigenvalue weighted by atomic mass is 127. The molecule has 0 saturated heterocycles. The lowest BCUT2D eigenvalue weighted by Gasteiger charge is -2.14. The zero-order chi connectivity index (χ0) is 14.9. The van der Waals surface area contributed by atoms with Crippen molar-refractivity contribution in [3.05, 3.63) is 25.1 Å². The van der Waals surface area contributed by atoms with Crippen molar-refractivity contribution in [1.29, 1.82) is 0 Å². The molecule has 0 bridgehead atoms. The lowest BCUT2D eigenvalue weighted by molar-refractivity contribution is 0.808. The lowest BCUT2D eigenvalue weighted by Crippen LogP contribution is -2.09. The van der Waals surface area contributed by atoms with Gasteiger partial charge < -0.3 is 5.32 Å². The molecule has 0 aliphatic rings. The predicted molar refractivity (Wildman–Crippen MR) is 95.8 cm³/mol. The van der Waals surface area contributed by atoms with Crippen LogP contribution in [0.3, 0.4) is 0 Å². The second-order valence-electron chi connectivity index (χ2n) is 5.11. The molecule has 1 N–H and O–H groups in total. The summed E-state index contributed by atoms with van der Waals surface area (Å²) in [5.41, 5.74) is 2.28. The van der Waals surface area contributed by atoms with Gasteiger partial charge in [0.15, 0.2) is 5.82 Å². The van der Waals surface area contributed by atoms with E-state index in [1.165, 1.54) is 9.75 Å². The van der Waals surface area contributed by atoms with Crippen LogP contribution in [0.15, 0.2) is 6.07 Å². The van der Waals surface area contributed by atoms with E-state index in [9.17, 15) is 0 Å². The second-order valence-corrected chi connectivity index (χ2v) is 7.65. The third-order valence-corrected chi connectivity index (χ3v) is 5.08. The van der Waals surface area contributed by atoms with E-state index in [2.05, 4.69) is 68.6 Å². The van der Waals surface area contributed by atoms with Gasteiger partial charge in [0.2, 0.25) is 0 Å². The third kappa shape index (κ3) is 3.14. The van der Waals surface area contributed by atoms with Gasteiger partial charge in [-0.15, -0.1) is 11.3 Å². The minimum Gasteiger partial charge on any atom is -0.369 e. The van der Waals surface area contributed by atoms with E-state index in [0.717, 1.165) is 33.0 Å². The van der Waals surface area contributed by atoms with Crippen LogP contribution in [0.4, 0.5) is 5.82 Å². The van der Waals surface area contributed by atoms with E-state index >= 15 is 0 Å². The number of rotatable bonds is 4. The molecule has 3 nitrogen and oxygen atoms in total.